The average Bonchev–Trinajstić information content (AvgIpc) is 3.10. The summed E-state index contributed by atoms with van der Waals surface area (Å²) in [4.78, 5) is 27.8. The van der Waals surface area contributed by atoms with Crippen LogP contribution < -0.4 is 4.74 Å². The van der Waals surface area contributed by atoms with Gasteiger partial charge in [-0.15, -0.1) is 11.3 Å². The summed E-state index contributed by atoms with van der Waals surface area (Å²) in [6.07, 6.45) is 0.408. The van der Waals surface area contributed by atoms with Crippen LogP contribution >= 0.6 is 34.5 Å². The minimum Gasteiger partial charge on any atom is -0.480 e. The number of carboxylic acid groups (broad SMARTS) is 1. The lowest BCUT2D eigenvalue weighted by Crippen LogP contribution is -2.29. The highest BCUT2D eigenvalue weighted by molar-refractivity contribution is 7.07. The van der Waals surface area contributed by atoms with Crippen LogP contribution in [0.15, 0.2) is 17.0 Å². The van der Waals surface area contributed by atoms with E-state index < -0.39 is 18.0 Å². The zero-order valence-electron chi connectivity index (χ0n) is 11.9. The molecule has 1 aliphatic carbocycles. The van der Waals surface area contributed by atoms with Gasteiger partial charge >= 0.3 is 5.97 Å². The van der Waals surface area contributed by atoms with Crippen molar-refractivity contribution in [3.05, 3.63) is 43.8 Å². The van der Waals surface area contributed by atoms with Gasteiger partial charge in [0.2, 0.25) is 0 Å². The molecule has 0 amide bonds. The van der Waals surface area contributed by atoms with E-state index in [-0.39, 0.29) is 21.6 Å². The van der Waals surface area contributed by atoms with E-state index in [0.29, 0.717) is 23.2 Å². The van der Waals surface area contributed by atoms with Crippen LogP contribution in [0.1, 0.15) is 28.5 Å². The predicted octanol–water partition coefficient (Wildman–Crippen LogP) is 3.61. The van der Waals surface area contributed by atoms with Gasteiger partial charge in [-0.25, -0.2) is 9.78 Å². The number of thiazole rings is 1. The normalized spacial score (nSPS) is 19.7. The van der Waals surface area contributed by atoms with Crippen LogP contribution in [-0.4, -0.2) is 28.4 Å². The highest BCUT2D eigenvalue weighted by Gasteiger charge is 2.46. The smallest absolute Gasteiger partial charge is 0.341 e. The van der Waals surface area contributed by atoms with Crippen molar-refractivity contribution < 1.29 is 19.4 Å². The first-order chi connectivity index (χ1) is 10.8. The zero-order chi connectivity index (χ0) is 16.8. The molecule has 1 aromatic heterocycles. The van der Waals surface area contributed by atoms with Gasteiger partial charge in [-0.1, -0.05) is 23.2 Å². The van der Waals surface area contributed by atoms with Gasteiger partial charge < -0.3 is 9.84 Å². The molecule has 5 nitrogen and oxygen atoms in total. The maximum Gasteiger partial charge on any atom is 0.341 e. The minimum absolute atomic E-state index is 0.0440. The number of aliphatic carboxylic acids is 1. The second-order valence-electron chi connectivity index (χ2n) is 5.43. The summed E-state index contributed by atoms with van der Waals surface area (Å²) < 4.78 is 5.16. The van der Waals surface area contributed by atoms with E-state index in [0.717, 1.165) is 0 Å². The van der Waals surface area contributed by atoms with Gasteiger partial charge in [0.25, 0.3) is 0 Å². The fourth-order valence-electron chi connectivity index (χ4n) is 2.71. The molecule has 1 aromatic carbocycles. The Hall–Kier alpha value is -1.63. The van der Waals surface area contributed by atoms with Gasteiger partial charge in [0, 0.05) is 10.9 Å². The van der Waals surface area contributed by atoms with E-state index in [2.05, 4.69) is 4.98 Å². The summed E-state index contributed by atoms with van der Waals surface area (Å²) in [6, 6.07) is 1.59. The quantitative estimate of drug-likeness (QED) is 0.887. The van der Waals surface area contributed by atoms with E-state index in [9.17, 15) is 9.59 Å². The van der Waals surface area contributed by atoms with Gasteiger partial charge in [0.05, 0.1) is 21.6 Å². The topological polar surface area (TPSA) is 76.5 Å². The highest BCUT2D eigenvalue weighted by Crippen LogP contribution is 2.47. The third kappa shape index (κ3) is 2.60. The van der Waals surface area contributed by atoms with Crippen LogP contribution in [0.4, 0.5) is 0 Å². The van der Waals surface area contributed by atoms with Gasteiger partial charge in [-0.2, -0.15) is 0 Å². The number of hydrogen-bond donors (Lipinski definition) is 1. The van der Waals surface area contributed by atoms with Crippen molar-refractivity contribution in [2.45, 2.75) is 18.8 Å². The Morgan fingerprint density at radius 2 is 2.22 bits per heavy atom. The van der Waals surface area contributed by atoms with Crippen molar-refractivity contribution in [3.8, 4) is 5.75 Å². The Morgan fingerprint density at radius 1 is 1.48 bits per heavy atom. The van der Waals surface area contributed by atoms with Crippen LogP contribution in [0.3, 0.4) is 0 Å². The maximum atomic E-state index is 12.9. The molecule has 1 N–H and O–H groups in total. The number of nitrogens with zero attached hydrogens (tertiary/aromatic N) is 1. The number of ether oxygens (including phenoxy) is 1. The number of carbonyl (C=O) groups excluding carboxylic acids is 1. The standard InChI is InChI=1S/C15H11Cl2NO4S/c1-15(9-5-23-6-18-9)3-7-2-8(22-4-10(19)20)12(16)13(17)11(7)14(15)21/h2,5-6H,3-4H2,1H3,(H,19,20). The summed E-state index contributed by atoms with van der Waals surface area (Å²) in [5.74, 6) is -1.11. The lowest BCUT2D eigenvalue weighted by Gasteiger charge is -2.18. The lowest BCUT2D eigenvalue weighted by atomic mass is 9.83. The molecule has 0 radical (unpaired) electrons. The minimum atomic E-state index is -1.12. The van der Waals surface area contributed by atoms with Gasteiger partial charge in [-0.3, -0.25) is 4.79 Å². The van der Waals surface area contributed by atoms with E-state index in [1.807, 2.05) is 12.3 Å². The van der Waals surface area contributed by atoms with Crippen LogP contribution in [0.5, 0.6) is 5.75 Å². The van der Waals surface area contributed by atoms with Crippen molar-refractivity contribution in [3.63, 3.8) is 0 Å². The molecule has 1 heterocycles. The summed E-state index contributed by atoms with van der Waals surface area (Å²) in [5, 5.41) is 10.7. The Kier molecular flexibility index (Phi) is 4.08. The van der Waals surface area contributed by atoms with Crippen molar-refractivity contribution in [1.82, 2.24) is 4.98 Å². The number of Topliss-reactive ketones (excluding diaryl/α,β-unsaturated/α-hetero) is 1. The SMILES string of the molecule is CC1(c2cscn2)Cc2cc(OCC(=O)O)c(Cl)c(Cl)c2C1=O. The van der Waals surface area contributed by atoms with Crippen LogP contribution in [0, 0.1) is 0 Å². The first kappa shape index (κ1) is 16.2. The molecule has 1 unspecified atom stereocenters. The van der Waals surface area contributed by atoms with Gasteiger partial charge in [-0.05, 0) is 25.0 Å². The first-order valence-corrected chi connectivity index (χ1v) is 8.33. The fourth-order valence-corrected chi connectivity index (χ4v) is 3.90. The number of halogens is 2. The maximum absolute atomic E-state index is 12.9. The summed E-state index contributed by atoms with van der Waals surface area (Å²) >= 11 is 13.8. The van der Waals surface area contributed by atoms with E-state index in [4.69, 9.17) is 33.0 Å². The largest absolute Gasteiger partial charge is 0.480 e. The number of rotatable bonds is 4. The van der Waals surface area contributed by atoms with Crippen LogP contribution in [0.2, 0.25) is 10.0 Å². The molecule has 0 saturated carbocycles. The number of carbonyl (C=O) groups is 2. The monoisotopic (exact) mass is 371 g/mol. The summed E-state index contributed by atoms with van der Waals surface area (Å²) in [5.41, 5.74) is 2.59. The number of hydrogen-bond acceptors (Lipinski definition) is 5. The molecule has 2 aromatic rings. The van der Waals surface area contributed by atoms with Crippen molar-refractivity contribution in [2.24, 2.45) is 0 Å². The lowest BCUT2D eigenvalue weighted by molar-refractivity contribution is -0.139. The molecule has 0 spiro atoms. The number of ketones is 1. The number of carboxylic acids is 1. The molecule has 8 heteroatoms. The third-order valence-corrected chi connectivity index (χ3v) is 5.31. The zero-order valence-corrected chi connectivity index (χ0v) is 14.3. The van der Waals surface area contributed by atoms with Crippen LogP contribution in [-0.2, 0) is 16.6 Å². The second kappa shape index (κ2) is 5.78. The molecule has 1 aliphatic rings. The first-order valence-electron chi connectivity index (χ1n) is 6.63. The Labute approximate surface area is 145 Å². The molecule has 1 atom stereocenters. The predicted molar refractivity (Wildman–Crippen MR) is 87.1 cm³/mol. The molecule has 120 valence electrons. The Balaban J connectivity index is 2.05. The highest BCUT2D eigenvalue weighted by atomic mass is 35.5. The second-order valence-corrected chi connectivity index (χ2v) is 6.91. The number of fused-ring (bicyclic) bond motifs is 1. The van der Waals surface area contributed by atoms with Crippen LogP contribution in [0.25, 0.3) is 0 Å². The van der Waals surface area contributed by atoms with E-state index >= 15 is 0 Å². The van der Waals surface area contributed by atoms with Gasteiger partial charge in [0.1, 0.15) is 10.8 Å². The Bertz CT molecular complexity index is 806. The van der Waals surface area contributed by atoms with E-state index in [1.165, 1.54) is 11.3 Å². The van der Waals surface area contributed by atoms with Gasteiger partial charge in [0.15, 0.2) is 12.4 Å². The molecule has 23 heavy (non-hydrogen) atoms. The summed E-state index contributed by atoms with van der Waals surface area (Å²) in [6.45, 7) is 1.28. The molecule has 0 bridgehead atoms. The van der Waals surface area contributed by atoms with Crippen molar-refractivity contribution >= 4 is 46.3 Å². The van der Waals surface area contributed by atoms with Crippen molar-refractivity contribution in [2.75, 3.05) is 6.61 Å². The fraction of sp³-hybridized carbons (Fsp3) is 0.267. The average molecular weight is 372 g/mol. The third-order valence-electron chi connectivity index (χ3n) is 3.88. The molecular formula is C15H11Cl2NO4S. The Morgan fingerprint density at radius 3 is 2.83 bits per heavy atom. The molecular weight excluding hydrogens is 361 g/mol. The van der Waals surface area contributed by atoms with Crippen molar-refractivity contribution in [1.29, 1.82) is 0 Å². The molecule has 0 fully saturated rings. The number of benzene rings is 1. The molecule has 3 rings (SSSR count). The number of aromatic nitrogens is 1. The molecule has 0 aliphatic heterocycles. The molecule has 0 saturated heterocycles. The summed E-state index contributed by atoms with van der Waals surface area (Å²) in [7, 11) is 0. The van der Waals surface area contributed by atoms with E-state index in [1.54, 1.807) is 11.6 Å².